The number of aliphatic imine (C=N–C) groups is 1. The fourth-order valence-corrected chi connectivity index (χ4v) is 5.73. The van der Waals surface area contributed by atoms with Crippen LogP contribution in [0.25, 0.3) is 0 Å². The summed E-state index contributed by atoms with van der Waals surface area (Å²) in [5, 5.41) is 3.67. The molecule has 1 atom stereocenters. The second-order valence-electron chi connectivity index (χ2n) is 7.23. The smallest absolute Gasteiger partial charge is 0.193 e. The minimum absolute atomic E-state index is 0. The van der Waals surface area contributed by atoms with Crippen molar-refractivity contribution in [3.8, 4) is 0 Å². The minimum atomic E-state index is 0. The number of rotatable bonds is 6. The molecule has 3 rings (SSSR count). The molecular weight excluding hydrogens is 503 g/mol. The molecule has 5 nitrogen and oxygen atoms in total. The molecule has 1 N–H and O–H groups in total. The third kappa shape index (κ3) is 6.17. The molecule has 158 valence electrons. The minimum Gasteiger partial charge on any atom is -0.379 e. The topological polar surface area (TPSA) is 40.1 Å². The lowest BCUT2D eigenvalue weighted by atomic mass is 9.95. The molecular formula is C20H33IN4OS2. The quantitative estimate of drug-likeness (QED) is 0.261. The zero-order chi connectivity index (χ0) is 19.1. The summed E-state index contributed by atoms with van der Waals surface area (Å²) in [6, 6.07) is 8.79. The molecule has 2 saturated heterocycles. The van der Waals surface area contributed by atoms with E-state index >= 15 is 0 Å². The molecule has 2 aliphatic heterocycles. The number of nitrogens with one attached hydrogen (secondary N) is 1. The van der Waals surface area contributed by atoms with Gasteiger partial charge in [-0.15, -0.1) is 35.7 Å². The van der Waals surface area contributed by atoms with Gasteiger partial charge < -0.3 is 15.0 Å². The van der Waals surface area contributed by atoms with Gasteiger partial charge in [0.2, 0.25) is 0 Å². The van der Waals surface area contributed by atoms with E-state index in [-0.39, 0.29) is 29.5 Å². The molecule has 0 amide bonds. The summed E-state index contributed by atoms with van der Waals surface area (Å²) >= 11 is 3.85. The van der Waals surface area contributed by atoms with Gasteiger partial charge in [0, 0.05) is 56.5 Å². The molecule has 0 radical (unpaired) electrons. The van der Waals surface area contributed by atoms with Crippen molar-refractivity contribution in [2.75, 3.05) is 64.7 Å². The van der Waals surface area contributed by atoms with E-state index in [4.69, 9.17) is 4.74 Å². The van der Waals surface area contributed by atoms with Crippen LogP contribution in [0.1, 0.15) is 12.0 Å². The van der Waals surface area contributed by atoms with Crippen LogP contribution in [0.4, 0.5) is 0 Å². The van der Waals surface area contributed by atoms with E-state index in [0.29, 0.717) is 0 Å². The summed E-state index contributed by atoms with van der Waals surface area (Å²) in [6.07, 6.45) is 3.35. The highest BCUT2D eigenvalue weighted by Crippen LogP contribution is 2.33. The van der Waals surface area contributed by atoms with E-state index in [0.717, 1.165) is 45.4 Å². The fourth-order valence-electron chi connectivity index (χ4n) is 3.84. The number of halogens is 1. The first-order valence-electron chi connectivity index (χ1n) is 9.62. The number of thioether (sulfide) groups is 2. The number of ether oxygens (including phenoxy) is 1. The molecule has 0 saturated carbocycles. The van der Waals surface area contributed by atoms with Crippen molar-refractivity contribution in [3.05, 3.63) is 29.8 Å². The van der Waals surface area contributed by atoms with Gasteiger partial charge in [-0.3, -0.25) is 9.89 Å². The molecule has 1 aromatic rings. The molecule has 2 heterocycles. The van der Waals surface area contributed by atoms with Gasteiger partial charge in [0.15, 0.2) is 5.96 Å². The lowest BCUT2D eigenvalue weighted by Crippen LogP contribution is -2.60. The van der Waals surface area contributed by atoms with Crippen molar-refractivity contribution in [1.29, 1.82) is 0 Å². The molecule has 2 fully saturated rings. The largest absolute Gasteiger partial charge is 0.379 e. The first kappa shape index (κ1) is 24.1. The number of benzene rings is 1. The van der Waals surface area contributed by atoms with Crippen LogP contribution in [0.3, 0.4) is 0 Å². The molecule has 1 unspecified atom stereocenters. The van der Waals surface area contributed by atoms with Gasteiger partial charge in [-0.2, -0.15) is 11.8 Å². The number of hydrogen-bond donors (Lipinski definition) is 1. The maximum Gasteiger partial charge on any atom is 0.193 e. The van der Waals surface area contributed by atoms with Gasteiger partial charge in [0.1, 0.15) is 0 Å². The monoisotopic (exact) mass is 536 g/mol. The summed E-state index contributed by atoms with van der Waals surface area (Å²) in [4.78, 5) is 10.7. The summed E-state index contributed by atoms with van der Waals surface area (Å²) in [7, 11) is 3.99. The maximum absolute atomic E-state index is 5.57. The highest BCUT2D eigenvalue weighted by molar-refractivity contribution is 14.0. The Morgan fingerprint density at radius 1 is 1.32 bits per heavy atom. The third-order valence-corrected chi connectivity index (χ3v) is 7.47. The zero-order valence-electron chi connectivity index (χ0n) is 17.1. The van der Waals surface area contributed by atoms with E-state index < -0.39 is 0 Å². The van der Waals surface area contributed by atoms with Crippen molar-refractivity contribution in [1.82, 2.24) is 15.1 Å². The molecule has 0 aliphatic carbocycles. The van der Waals surface area contributed by atoms with Crippen molar-refractivity contribution in [2.45, 2.75) is 23.4 Å². The van der Waals surface area contributed by atoms with E-state index in [1.807, 2.05) is 7.05 Å². The maximum atomic E-state index is 5.57. The second-order valence-corrected chi connectivity index (χ2v) is 9.22. The summed E-state index contributed by atoms with van der Waals surface area (Å²) in [5.74, 6) is 3.40. The van der Waals surface area contributed by atoms with Crippen LogP contribution in [0, 0.1) is 0 Å². The van der Waals surface area contributed by atoms with E-state index in [1.54, 1.807) is 11.8 Å². The van der Waals surface area contributed by atoms with Crippen LogP contribution < -0.4 is 5.32 Å². The van der Waals surface area contributed by atoms with Gasteiger partial charge in [0.05, 0.1) is 13.2 Å². The fraction of sp³-hybridized carbons (Fsp3) is 0.650. The molecule has 0 aromatic heterocycles. The predicted molar refractivity (Wildman–Crippen MR) is 134 cm³/mol. The van der Waals surface area contributed by atoms with Gasteiger partial charge in [-0.1, -0.05) is 12.1 Å². The Morgan fingerprint density at radius 3 is 2.61 bits per heavy atom. The SMILES string of the molecule is CN=C(NCC1(N2CCOCC2)CCSC1)N(C)Cc1ccc(SC)cc1.I. The van der Waals surface area contributed by atoms with Crippen LogP contribution >= 0.6 is 47.5 Å². The van der Waals surface area contributed by atoms with E-state index in [2.05, 4.69) is 69.4 Å². The number of nitrogens with zero attached hydrogens (tertiary/aromatic N) is 3. The van der Waals surface area contributed by atoms with Crippen LogP contribution in [0.15, 0.2) is 34.2 Å². The predicted octanol–water partition coefficient (Wildman–Crippen LogP) is 3.24. The molecule has 0 spiro atoms. The van der Waals surface area contributed by atoms with Crippen molar-refractivity contribution in [2.24, 2.45) is 4.99 Å². The molecule has 0 bridgehead atoms. The Morgan fingerprint density at radius 2 is 2.04 bits per heavy atom. The number of guanidine groups is 1. The average Bonchev–Trinajstić information content (AvgIpc) is 3.20. The van der Waals surface area contributed by atoms with Gasteiger partial charge >= 0.3 is 0 Å². The van der Waals surface area contributed by atoms with Crippen LogP contribution in [0.2, 0.25) is 0 Å². The van der Waals surface area contributed by atoms with Gasteiger partial charge in [-0.25, -0.2) is 0 Å². The lowest BCUT2D eigenvalue weighted by molar-refractivity contribution is -0.0121. The van der Waals surface area contributed by atoms with Crippen LogP contribution in [-0.4, -0.2) is 86.0 Å². The normalized spacial score (nSPS) is 23.3. The van der Waals surface area contributed by atoms with Gasteiger partial charge in [-0.05, 0) is 36.1 Å². The summed E-state index contributed by atoms with van der Waals surface area (Å²) < 4.78 is 5.57. The highest BCUT2D eigenvalue weighted by atomic mass is 127. The molecule has 1 aromatic carbocycles. The van der Waals surface area contributed by atoms with Gasteiger partial charge in [0.25, 0.3) is 0 Å². The van der Waals surface area contributed by atoms with E-state index in [1.165, 1.54) is 28.4 Å². The van der Waals surface area contributed by atoms with Crippen LogP contribution in [0.5, 0.6) is 0 Å². The first-order valence-corrected chi connectivity index (χ1v) is 12.0. The standard InChI is InChI=1S/C20H32N4OS2.HI/c1-21-19(23(2)14-17-4-6-18(26-3)7-5-17)22-15-20(8-13-27-16-20)24-9-11-25-12-10-24;/h4-7H,8-16H2,1-3H3,(H,21,22);1H. The Kier molecular flexibility index (Phi) is 10.2. The number of morpholine rings is 1. The lowest BCUT2D eigenvalue weighted by Gasteiger charge is -2.43. The first-order chi connectivity index (χ1) is 13.2. The third-order valence-electron chi connectivity index (χ3n) is 5.49. The Hall–Kier alpha value is -0.160. The molecule has 8 heteroatoms. The Bertz CT molecular complexity index is 617. The Labute approximate surface area is 195 Å². The molecule has 28 heavy (non-hydrogen) atoms. The van der Waals surface area contributed by atoms with Crippen molar-refractivity contribution >= 4 is 53.5 Å². The van der Waals surface area contributed by atoms with Crippen molar-refractivity contribution in [3.63, 3.8) is 0 Å². The second kappa shape index (κ2) is 11.9. The van der Waals surface area contributed by atoms with E-state index in [9.17, 15) is 0 Å². The highest BCUT2D eigenvalue weighted by Gasteiger charge is 2.40. The summed E-state index contributed by atoms with van der Waals surface area (Å²) in [6.45, 7) is 5.59. The summed E-state index contributed by atoms with van der Waals surface area (Å²) in [5.41, 5.74) is 1.53. The van der Waals surface area contributed by atoms with Crippen LogP contribution in [-0.2, 0) is 11.3 Å². The average molecular weight is 537 g/mol. The zero-order valence-corrected chi connectivity index (χ0v) is 21.1. The Balaban J connectivity index is 0.00000280. The molecule has 2 aliphatic rings. The number of hydrogen-bond acceptors (Lipinski definition) is 5. The van der Waals surface area contributed by atoms with Crippen molar-refractivity contribution < 1.29 is 4.74 Å².